The third-order valence-corrected chi connectivity index (χ3v) is 3.93. The van der Waals surface area contributed by atoms with Crippen LogP contribution < -0.4 is 10.6 Å². The van der Waals surface area contributed by atoms with Crippen molar-refractivity contribution in [3.05, 3.63) is 54.0 Å². The number of hydrogen-bond donors (Lipinski definition) is 3. The summed E-state index contributed by atoms with van der Waals surface area (Å²) < 4.78 is 5.02. The molecule has 25 heavy (non-hydrogen) atoms. The standard InChI is InChI=1S/C18H20N2O5/c1-3-11(2)15(18(23)24)20-16(21)12-7-4-5-8-13(12)19-17(22)14-9-6-10-25-14/h4-11,15H,3H2,1-2H3,(H,19,22)(H,20,21)(H,23,24)/t11-,15-/m1/s1. The van der Waals surface area contributed by atoms with Crippen LogP contribution in [0.3, 0.4) is 0 Å². The lowest BCUT2D eigenvalue weighted by Crippen LogP contribution is -2.45. The van der Waals surface area contributed by atoms with E-state index in [4.69, 9.17) is 4.42 Å². The smallest absolute Gasteiger partial charge is 0.326 e. The van der Waals surface area contributed by atoms with Crippen LogP contribution in [0, 0.1) is 5.92 Å². The molecular formula is C18H20N2O5. The van der Waals surface area contributed by atoms with Crippen molar-refractivity contribution in [3.8, 4) is 0 Å². The maximum atomic E-state index is 12.5. The number of carboxylic acids is 1. The Morgan fingerprint density at radius 2 is 1.84 bits per heavy atom. The van der Waals surface area contributed by atoms with Gasteiger partial charge in [-0.25, -0.2) is 4.79 Å². The number of amides is 2. The fraction of sp³-hybridized carbons (Fsp3) is 0.278. The largest absolute Gasteiger partial charge is 0.480 e. The molecule has 3 N–H and O–H groups in total. The number of carbonyl (C=O) groups is 3. The quantitative estimate of drug-likeness (QED) is 0.715. The highest BCUT2D eigenvalue weighted by Crippen LogP contribution is 2.18. The maximum absolute atomic E-state index is 12.5. The highest BCUT2D eigenvalue weighted by atomic mass is 16.4. The molecule has 132 valence electrons. The summed E-state index contributed by atoms with van der Waals surface area (Å²) in [6.07, 6.45) is 1.98. The molecule has 7 nitrogen and oxygen atoms in total. The van der Waals surface area contributed by atoms with Crippen LogP contribution >= 0.6 is 0 Å². The van der Waals surface area contributed by atoms with Crippen LogP contribution in [0.2, 0.25) is 0 Å². The molecule has 0 saturated carbocycles. The van der Waals surface area contributed by atoms with Gasteiger partial charge in [0.15, 0.2) is 5.76 Å². The molecule has 0 fully saturated rings. The molecule has 2 rings (SSSR count). The summed E-state index contributed by atoms with van der Waals surface area (Å²) in [4.78, 5) is 36.0. The molecule has 0 saturated heterocycles. The van der Waals surface area contributed by atoms with Crippen molar-refractivity contribution < 1.29 is 23.9 Å². The Kier molecular flexibility index (Phi) is 5.94. The zero-order valence-electron chi connectivity index (χ0n) is 14.0. The minimum absolute atomic E-state index is 0.109. The van der Waals surface area contributed by atoms with Crippen LogP contribution in [0.5, 0.6) is 0 Å². The third kappa shape index (κ3) is 4.47. The SMILES string of the molecule is CC[C@@H](C)[C@@H](NC(=O)c1ccccc1NC(=O)c1ccco1)C(=O)O. The van der Waals surface area contributed by atoms with Crippen LogP contribution in [-0.4, -0.2) is 28.9 Å². The van der Waals surface area contributed by atoms with Gasteiger partial charge in [-0.2, -0.15) is 0 Å². The van der Waals surface area contributed by atoms with E-state index in [1.807, 2.05) is 6.92 Å². The van der Waals surface area contributed by atoms with Crippen molar-refractivity contribution in [2.24, 2.45) is 5.92 Å². The van der Waals surface area contributed by atoms with Crippen molar-refractivity contribution >= 4 is 23.5 Å². The molecule has 1 heterocycles. The molecule has 0 radical (unpaired) electrons. The van der Waals surface area contributed by atoms with Crippen molar-refractivity contribution in [3.63, 3.8) is 0 Å². The van der Waals surface area contributed by atoms with E-state index < -0.39 is 23.8 Å². The fourth-order valence-corrected chi connectivity index (χ4v) is 2.28. The predicted octanol–water partition coefficient (Wildman–Crippen LogP) is 2.76. The van der Waals surface area contributed by atoms with Gasteiger partial charge in [-0.1, -0.05) is 32.4 Å². The molecule has 0 unspecified atom stereocenters. The minimum atomic E-state index is -1.10. The summed E-state index contributed by atoms with van der Waals surface area (Å²) in [6, 6.07) is 8.45. The zero-order valence-corrected chi connectivity index (χ0v) is 14.0. The van der Waals surface area contributed by atoms with Crippen LogP contribution in [0.25, 0.3) is 0 Å². The Balaban J connectivity index is 2.20. The highest BCUT2D eigenvalue weighted by molar-refractivity contribution is 6.08. The van der Waals surface area contributed by atoms with Crippen LogP contribution in [0.4, 0.5) is 5.69 Å². The first-order valence-corrected chi connectivity index (χ1v) is 7.91. The number of aliphatic carboxylic acids is 1. The van der Waals surface area contributed by atoms with E-state index in [1.54, 1.807) is 31.2 Å². The van der Waals surface area contributed by atoms with E-state index in [-0.39, 0.29) is 22.9 Å². The average molecular weight is 344 g/mol. The average Bonchev–Trinajstić information content (AvgIpc) is 3.13. The van der Waals surface area contributed by atoms with Gasteiger partial charge in [0.2, 0.25) is 0 Å². The Morgan fingerprint density at radius 1 is 1.12 bits per heavy atom. The van der Waals surface area contributed by atoms with Gasteiger partial charge in [0.1, 0.15) is 6.04 Å². The molecule has 0 bridgehead atoms. The number of benzene rings is 1. The van der Waals surface area contributed by atoms with Gasteiger partial charge >= 0.3 is 5.97 Å². The Hall–Kier alpha value is -3.09. The summed E-state index contributed by atoms with van der Waals surface area (Å²) in [5.41, 5.74) is 0.451. The lowest BCUT2D eigenvalue weighted by molar-refractivity contribution is -0.140. The number of furan rings is 1. The molecule has 0 aliphatic carbocycles. The van der Waals surface area contributed by atoms with Gasteiger partial charge in [0, 0.05) is 0 Å². The molecule has 7 heteroatoms. The maximum Gasteiger partial charge on any atom is 0.326 e. The van der Waals surface area contributed by atoms with E-state index >= 15 is 0 Å². The molecule has 2 aromatic rings. The molecule has 0 aliphatic rings. The molecule has 2 atom stereocenters. The predicted molar refractivity (Wildman–Crippen MR) is 91.4 cm³/mol. The van der Waals surface area contributed by atoms with Gasteiger partial charge in [-0.15, -0.1) is 0 Å². The van der Waals surface area contributed by atoms with E-state index in [0.29, 0.717) is 6.42 Å². The molecule has 0 spiro atoms. The first-order chi connectivity index (χ1) is 11.9. The number of hydrogen-bond acceptors (Lipinski definition) is 4. The van der Waals surface area contributed by atoms with E-state index in [2.05, 4.69) is 10.6 Å². The highest BCUT2D eigenvalue weighted by Gasteiger charge is 2.26. The zero-order chi connectivity index (χ0) is 18.4. The first kappa shape index (κ1) is 18.3. The summed E-state index contributed by atoms with van der Waals surface area (Å²) in [5.74, 6) is -2.28. The fourth-order valence-electron chi connectivity index (χ4n) is 2.28. The second-order valence-electron chi connectivity index (χ2n) is 5.65. The van der Waals surface area contributed by atoms with E-state index in [0.717, 1.165) is 0 Å². The number of anilines is 1. The van der Waals surface area contributed by atoms with Gasteiger partial charge in [0.25, 0.3) is 11.8 Å². The van der Waals surface area contributed by atoms with Crippen molar-refractivity contribution in [1.29, 1.82) is 0 Å². The normalized spacial score (nSPS) is 12.9. The van der Waals surface area contributed by atoms with E-state index in [9.17, 15) is 19.5 Å². The van der Waals surface area contributed by atoms with Gasteiger partial charge < -0.3 is 20.2 Å². The van der Waals surface area contributed by atoms with Crippen molar-refractivity contribution in [2.75, 3.05) is 5.32 Å². The monoisotopic (exact) mass is 344 g/mol. The van der Waals surface area contributed by atoms with E-state index in [1.165, 1.54) is 18.4 Å². The Bertz CT molecular complexity index is 755. The number of carbonyl (C=O) groups excluding carboxylic acids is 2. The van der Waals surface area contributed by atoms with Crippen LogP contribution in [0.15, 0.2) is 47.1 Å². The molecule has 1 aromatic carbocycles. The third-order valence-electron chi connectivity index (χ3n) is 3.93. The summed E-state index contributed by atoms with van der Waals surface area (Å²) in [5, 5.41) is 14.4. The second-order valence-corrected chi connectivity index (χ2v) is 5.65. The van der Waals surface area contributed by atoms with Gasteiger partial charge in [-0.05, 0) is 30.2 Å². The second kappa shape index (κ2) is 8.14. The summed E-state index contributed by atoms with van der Waals surface area (Å²) >= 11 is 0. The molecule has 1 aromatic heterocycles. The molecule has 0 aliphatic heterocycles. The summed E-state index contributed by atoms with van der Waals surface area (Å²) in [7, 11) is 0. The molecule has 2 amide bonds. The number of carboxylic acid groups (broad SMARTS) is 1. The lowest BCUT2D eigenvalue weighted by atomic mass is 9.98. The Morgan fingerprint density at radius 3 is 2.44 bits per heavy atom. The minimum Gasteiger partial charge on any atom is -0.480 e. The van der Waals surface area contributed by atoms with Crippen LogP contribution in [0.1, 0.15) is 41.2 Å². The number of nitrogens with one attached hydrogen (secondary N) is 2. The lowest BCUT2D eigenvalue weighted by Gasteiger charge is -2.21. The molecular weight excluding hydrogens is 324 g/mol. The van der Waals surface area contributed by atoms with Crippen molar-refractivity contribution in [2.45, 2.75) is 26.3 Å². The summed E-state index contributed by atoms with van der Waals surface area (Å²) in [6.45, 7) is 3.61. The van der Waals surface area contributed by atoms with Gasteiger partial charge in [-0.3, -0.25) is 9.59 Å². The van der Waals surface area contributed by atoms with Gasteiger partial charge in [0.05, 0.1) is 17.5 Å². The first-order valence-electron chi connectivity index (χ1n) is 7.91. The van der Waals surface area contributed by atoms with Crippen LogP contribution in [-0.2, 0) is 4.79 Å². The Labute approximate surface area is 145 Å². The number of para-hydroxylation sites is 1. The number of rotatable bonds is 7. The topological polar surface area (TPSA) is 109 Å². The van der Waals surface area contributed by atoms with Crippen molar-refractivity contribution in [1.82, 2.24) is 5.32 Å².